The first-order valence-corrected chi connectivity index (χ1v) is 4.21. The highest BCUT2D eigenvalue weighted by Gasteiger charge is 2.31. The number of fused-ring (bicyclic) bond motifs is 1. The van der Waals surface area contributed by atoms with E-state index >= 15 is 0 Å². The molecule has 51 valence electrons. The molecule has 0 fully saturated rings. The van der Waals surface area contributed by atoms with E-state index in [1.807, 2.05) is 0 Å². The third-order valence-electron chi connectivity index (χ3n) is 1.36. The zero-order valence-corrected chi connectivity index (χ0v) is 5.80. The molecule has 2 rings (SSSR count). The van der Waals surface area contributed by atoms with Crippen LogP contribution in [0.2, 0.25) is 0 Å². The quantitative estimate of drug-likeness (QED) is 0.550. The van der Waals surface area contributed by atoms with Crippen molar-refractivity contribution in [2.24, 2.45) is 0 Å². The summed E-state index contributed by atoms with van der Waals surface area (Å²) in [6.45, 7) is 0. The van der Waals surface area contributed by atoms with Crippen LogP contribution < -0.4 is 4.72 Å². The van der Waals surface area contributed by atoms with Crippen molar-refractivity contribution < 1.29 is 8.42 Å². The summed E-state index contributed by atoms with van der Waals surface area (Å²) in [4.78, 5) is 0.343. The fourth-order valence-electron chi connectivity index (χ4n) is 0.890. The van der Waals surface area contributed by atoms with E-state index in [1.54, 1.807) is 24.3 Å². The summed E-state index contributed by atoms with van der Waals surface area (Å²) < 4.78 is 24.9. The van der Waals surface area contributed by atoms with E-state index in [0.29, 0.717) is 10.6 Å². The summed E-state index contributed by atoms with van der Waals surface area (Å²) in [6, 6.07) is 6.68. The molecule has 0 saturated carbocycles. The Kier molecular flexibility index (Phi) is 0.870. The third-order valence-corrected chi connectivity index (χ3v) is 2.70. The predicted octanol–water partition coefficient (Wildman–Crippen LogP) is 0.625. The summed E-state index contributed by atoms with van der Waals surface area (Å²) in [7, 11) is -3.22. The molecule has 1 aromatic rings. The van der Waals surface area contributed by atoms with E-state index in [4.69, 9.17) is 0 Å². The summed E-state index contributed by atoms with van der Waals surface area (Å²) in [5, 5.41) is 0. The van der Waals surface area contributed by atoms with E-state index in [0.717, 1.165) is 0 Å². The topological polar surface area (TPSA) is 48.2 Å². The molecule has 1 radical (unpaired) electrons. The van der Waals surface area contributed by atoms with E-state index in [9.17, 15) is 8.42 Å². The molecule has 4 heteroatoms. The highest BCUT2D eigenvalue weighted by atomic mass is 32.2. The zero-order chi connectivity index (χ0) is 7.19. The number of rotatable bonds is 0. The minimum atomic E-state index is -3.22. The van der Waals surface area contributed by atoms with Crippen molar-refractivity contribution in [3.05, 3.63) is 24.3 Å². The molecule has 0 amide bonds. The average Bonchev–Trinajstić information content (AvgIpc) is 1.86. The van der Waals surface area contributed by atoms with Crippen molar-refractivity contribution in [3.8, 4) is 0 Å². The molecular weight excluding hydrogens is 150 g/mol. The van der Waals surface area contributed by atoms with Crippen molar-refractivity contribution in [3.63, 3.8) is 0 Å². The van der Waals surface area contributed by atoms with Crippen LogP contribution >= 0.6 is 0 Å². The lowest BCUT2D eigenvalue weighted by Gasteiger charge is -2.16. The number of nitrogens with zero attached hydrogens (tertiary/aromatic N) is 1. The summed E-state index contributed by atoms with van der Waals surface area (Å²) >= 11 is 0. The molecule has 0 saturated heterocycles. The van der Waals surface area contributed by atoms with Crippen molar-refractivity contribution in [2.45, 2.75) is 4.90 Å². The Balaban J connectivity index is 2.75. The fourth-order valence-corrected chi connectivity index (χ4v) is 1.90. The highest BCUT2D eigenvalue weighted by Crippen LogP contribution is 2.31. The standard InChI is InChI=1S/C6H4NO2S/c8-10(9)6-4-2-1-3-5(6)7-10/h1-4H. The van der Waals surface area contributed by atoms with Gasteiger partial charge in [-0.1, -0.05) is 12.1 Å². The van der Waals surface area contributed by atoms with Crippen molar-refractivity contribution in [1.82, 2.24) is 4.72 Å². The summed E-state index contributed by atoms with van der Waals surface area (Å²) in [5.74, 6) is 0. The Bertz CT molecular complexity index is 369. The molecule has 1 heterocycles. The average molecular weight is 154 g/mol. The molecule has 1 aromatic carbocycles. The van der Waals surface area contributed by atoms with E-state index < -0.39 is 10.0 Å². The molecule has 0 aromatic heterocycles. The molecule has 10 heavy (non-hydrogen) atoms. The molecule has 0 bridgehead atoms. The van der Waals surface area contributed by atoms with Gasteiger partial charge in [0.1, 0.15) is 4.90 Å². The Hall–Kier alpha value is -1.03. The SMILES string of the molecule is O=S1(=O)[N]c2ccccc21. The number of hydrogen-bond acceptors (Lipinski definition) is 2. The Morgan fingerprint density at radius 2 is 1.90 bits per heavy atom. The smallest absolute Gasteiger partial charge is 0.199 e. The molecule has 0 atom stereocenters. The van der Waals surface area contributed by atoms with Crippen LogP contribution in [-0.4, -0.2) is 8.42 Å². The minimum Gasteiger partial charge on any atom is -0.199 e. The maximum Gasteiger partial charge on any atom is 0.285 e. The normalized spacial score (nSPS) is 18.4. The van der Waals surface area contributed by atoms with Gasteiger partial charge in [0.2, 0.25) is 0 Å². The first kappa shape index (κ1) is 5.73. The second-order valence-corrected chi connectivity index (χ2v) is 3.61. The zero-order valence-electron chi connectivity index (χ0n) is 4.98. The van der Waals surface area contributed by atoms with Crippen LogP contribution in [0.4, 0.5) is 5.69 Å². The predicted molar refractivity (Wildman–Crippen MR) is 35.4 cm³/mol. The molecule has 0 aliphatic carbocycles. The number of hydrogen-bond donors (Lipinski definition) is 0. The molecule has 0 unspecified atom stereocenters. The van der Waals surface area contributed by atoms with E-state index in [1.165, 1.54) is 0 Å². The third kappa shape index (κ3) is 0.565. The van der Waals surface area contributed by atoms with Gasteiger partial charge in [0.15, 0.2) is 0 Å². The lowest BCUT2D eigenvalue weighted by molar-refractivity contribution is 0.581. The molecule has 1 aliphatic rings. The lowest BCUT2D eigenvalue weighted by atomic mass is 10.3. The van der Waals surface area contributed by atoms with Crippen LogP contribution in [0.25, 0.3) is 0 Å². The Morgan fingerprint density at radius 3 is 2.40 bits per heavy atom. The van der Waals surface area contributed by atoms with Gasteiger partial charge in [-0.25, -0.2) is 0 Å². The molecule has 0 N–H and O–H groups in total. The van der Waals surface area contributed by atoms with Gasteiger partial charge in [0.25, 0.3) is 10.0 Å². The van der Waals surface area contributed by atoms with Gasteiger partial charge < -0.3 is 0 Å². The second kappa shape index (κ2) is 1.52. The fraction of sp³-hybridized carbons (Fsp3) is 0. The van der Waals surface area contributed by atoms with E-state index in [2.05, 4.69) is 4.72 Å². The molecule has 1 aliphatic heterocycles. The molecule has 3 nitrogen and oxygen atoms in total. The first-order valence-electron chi connectivity index (χ1n) is 2.77. The van der Waals surface area contributed by atoms with Gasteiger partial charge >= 0.3 is 0 Å². The van der Waals surface area contributed by atoms with Crippen molar-refractivity contribution in [2.75, 3.05) is 0 Å². The van der Waals surface area contributed by atoms with Crippen LogP contribution in [-0.2, 0) is 10.0 Å². The van der Waals surface area contributed by atoms with Crippen LogP contribution in [0.1, 0.15) is 0 Å². The van der Waals surface area contributed by atoms with Gasteiger partial charge in [-0.05, 0) is 12.1 Å². The van der Waals surface area contributed by atoms with Gasteiger partial charge in [-0.3, -0.25) is 0 Å². The maximum atomic E-state index is 10.7. The second-order valence-electron chi connectivity index (χ2n) is 2.03. The first-order chi connectivity index (χ1) is 4.70. The van der Waals surface area contributed by atoms with Crippen LogP contribution in [0.15, 0.2) is 29.2 Å². The molecular formula is C6H4NO2S. The highest BCUT2D eigenvalue weighted by molar-refractivity contribution is 7.91. The summed E-state index contributed by atoms with van der Waals surface area (Å²) in [5.41, 5.74) is 0.572. The largest absolute Gasteiger partial charge is 0.285 e. The van der Waals surface area contributed by atoms with Crippen LogP contribution in [0, 0.1) is 0 Å². The number of sulfonamides is 1. The minimum absolute atomic E-state index is 0.343. The van der Waals surface area contributed by atoms with Gasteiger partial charge in [0, 0.05) is 0 Å². The monoisotopic (exact) mass is 154 g/mol. The lowest BCUT2D eigenvalue weighted by Crippen LogP contribution is -2.23. The van der Waals surface area contributed by atoms with E-state index in [-0.39, 0.29) is 0 Å². The van der Waals surface area contributed by atoms with Crippen molar-refractivity contribution >= 4 is 15.7 Å². The number of benzene rings is 1. The maximum absolute atomic E-state index is 10.7. The van der Waals surface area contributed by atoms with Crippen LogP contribution in [0.3, 0.4) is 0 Å². The van der Waals surface area contributed by atoms with Crippen molar-refractivity contribution in [1.29, 1.82) is 0 Å². The van der Waals surface area contributed by atoms with Gasteiger partial charge in [-0.15, -0.1) is 0 Å². The Labute approximate surface area is 58.7 Å². The summed E-state index contributed by atoms with van der Waals surface area (Å²) in [6.07, 6.45) is 0. The van der Waals surface area contributed by atoms with Gasteiger partial charge in [-0.2, -0.15) is 13.1 Å². The molecule has 0 spiro atoms. The van der Waals surface area contributed by atoms with Crippen LogP contribution in [0.5, 0.6) is 0 Å². The van der Waals surface area contributed by atoms with Gasteiger partial charge in [0.05, 0.1) is 5.69 Å². The Morgan fingerprint density at radius 1 is 1.20 bits per heavy atom.